The summed E-state index contributed by atoms with van der Waals surface area (Å²) in [6.07, 6.45) is 0. The van der Waals surface area contributed by atoms with E-state index in [-0.39, 0.29) is 23.2 Å². The summed E-state index contributed by atoms with van der Waals surface area (Å²) in [6, 6.07) is 9.12. The maximum atomic E-state index is 12.5. The van der Waals surface area contributed by atoms with E-state index in [1.807, 2.05) is 18.2 Å². The minimum absolute atomic E-state index is 0.0908. The molecule has 1 aromatic heterocycles. The molecular weight excluding hydrogens is 384 g/mol. The van der Waals surface area contributed by atoms with Crippen LogP contribution in [0.2, 0.25) is 5.15 Å². The van der Waals surface area contributed by atoms with Crippen molar-refractivity contribution in [3.63, 3.8) is 0 Å². The number of para-hydroxylation sites is 1. The summed E-state index contributed by atoms with van der Waals surface area (Å²) < 4.78 is 6.56. The van der Waals surface area contributed by atoms with Gasteiger partial charge in [-0.2, -0.15) is 5.10 Å². The van der Waals surface area contributed by atoms with E-state index in [1.54, 1.807) is 32.9 Å². The lowest BCUT2D eigenvalue weighted by Gasteiger charge is -2.20. The number of ether oxygens (including phenoxy) is 1. The van der Waals surface area contributed by atoms with Crippen molar-refractivity contribution < 1.29 is 19.1 Å². The molecule has 8 nitrogen and oxygen atoms in total. The molecule has 0 saturated heterocycles. The molecule has 0 bridgehead atoms. The number of hydrogen-bond donors (Lipinski definition) is 1. The second kappa shape index (κ2) is 9.89. The van der Waals surface area contributed by atoms with Crippen molar-refractivity contribution in [2.45, 2.75) is 20.8 Å². The summed E-state index contributed by atoms with van der Waals surface area (Å²) in [5.41, 5.74) is 1.19. The second-order valence-corrected chi connectivity index (χ2v) is 6.29. The van der Waals surface area contributed by atoms with E-state index in [9.17, 15) is 14.4 Å². The molecule has 0 saturated carbocycles. The number of nitrogens with zero attached hydrogens (tertiary/aromatic N) is 3. The summed E-state index contributed by atoms with van der Waals surface area (Å²) in [6.45, 7) is 5.38. The second-order valence-electron chi connectivity index (χ2n) is 5.94. The molecule has 0 aliphatic heterocycles. The number of carbonyl (C=O) groups excluding carboxylic acids is 3. The summed E-state index contributed by atoms with van der Waals surface area (Å²) >= 11 is 6.32. The van der Waals surface area contributed by atoms with Crippen LogP contribution < -0.4 is 5.32 Å². The van der Waals surface area contributed by atoms with E-state index in [0.717, 1.165) is 0 Å². The third-order valence-electron chi connectivity index (χ3n) is 3.98. The number of halogens is 1. The summed E-state index contributed by atoms with van der Waals surface area (Å²) in [5, 5.41) is 7.00. The molecule has 0 unspecified atom stereocenters. The first-order valence-corrected chi connectivity index (χ1v) is 9.28. The number of rotatable bonds is 8. The van der Waals surface area contributed by atoms with E-state index in [4.69, 9.17) is 16.3 Å². The zero-order valence-corrected chi connectivity index (χ0v) is 16.8. The van der Waals surface area contributed by atoms with Gasteiger partial charge in [-0.15, -0.1) is 0 Å². The zero-order chi connectivity index (χ0) is 20.7. The quantitative estimate of drug-likeness (QED) is 0.676. The third-order valence-corrected chi connectivity index (χ3v) is 4.33. The van der Waals surface area contributed by atoms with Gasteiger partial charge in [0, 0.05) is 13.1 Å². The van der Waals surface area contributed by atoms with Crippen molar-refractivity contribution in [3.05, 3.63) is 46.7 Å². The molecule has 0 fully saturated rings. The summed E-state index contributed by atoms with van der Waals surface area (Å²) in [4.78, 5) is 37.7. The molecule has 2 rings (SSSR count). The van der Waals surface area contributed by atoms with Crippen molar-refractivity contribution >= 4 is 29.4 Å². The molecule has 2 amide bonds. The highest BCUT2D eigenvalue weighted by atomic mass is 35.5. The molecule has 0 atom stereocenters. The standard InChI is InChI=1S/C19H23ClN4O4/c1-4-21-15(25)11-23(5-2)16(26)12-28-19(27)17-13(3)22-24(18(17)20)14-9-7-6-8-10-14/h6-10H,4-5,11-12H2,1-3H3,(H,21,25). The van der Waals surface area contributed by atoms with Crippen LogP contribution in [-0.2, 0) is 14.3 Å². The SMILES string of the molecule is CCNC(=O)CN(CC)C(=O)COC(=O)c1c(C)nn(-c2ccccc2)c1Cl. The Kier molecular flexibility index (Phi) is 7.57. The minimum Gasteiger partial charge on any atom is -0.452 e. The Morgan fingerprint density at radius 3 is 2.50 bits per heavy atom. The number of benzene rings is 1. The van der Waals surface area contributed by atoms with Crippen LogP contribution in [0.1, 0.15) is 29.9 Å². The molecule has 0 radical (unpaired) electrons. The Bertz CT molecular complexity index is 851. The summed E-state index contributed by atoms with van der Waals surface area (Å²) in [7, 11) is 0. The maximum absolute atomic E-state index is 12.5. The molecule has 28 heavy (non-hydrogen) atoms. The van der Waals surface area contributed by atoms with Crippen molar-refractivity contribution in [3.8, 4) is 5.69 Å². The molecule has 2 aromatic rings. The Morgan fingerprint density at radius 2 is 1.89 bits per heavy atom. The third kappa shape index (κ3) is 5.10. The lowest BCUT2D eigenvalue weighted by molar-refractivity contribution is -0.138. The monoisotopic (exact) mass is 406 g/mol. The van der Waals surface area contributed by atoms with Gasteiger partial charge in [0.05, 0.1) is 17.9 Å². The smallest absolute Gasteiger partial charge is 0.343 e. The number of nitrogens with one attached hydrogen (secondary N) is 1. The molecule has 0 aliphatic rings. The largest absolute Gasteiger partial charge is 0.452 e. The number of hydrogen-bond acceptors (Lipinski definition) is 5. The van der Waals surface area contributed by atoms with Crippen LogP contribution in [0.5, 0.6) is 0 Å². The highest BCUT2D eigenvalue weighted by molar-refractivity contribution is 6.33. The van der Waals surface area contributed by atoms with E-state index in [1.165, 1.54) is 9.58 Å². The Balaban J connectivity index is 2.06. The number of aryl methyl sites for hydroxylation is 1. The van der Waals surface area contributed by atoms with Crippen LogP contribution >= 0.6 is 11.6 Å². The van der Waals surface area contributed by atoms with Gasteiger partial charge in [-0.3, -0.25) is 9.59 Å². The fraction of sp³-hybridized carbons (Fsp3) is 0.368. The van der Waals surface area contributed by atoms with Gasteiger partial charge in [0.15, 0.2) is 6.61 Å². The van der Waals surface area contributed by atoms with Gasteiger partial charge in [-0.05, 0) is 32.9 Å². The minimum atomic E-state index is -0.743. The first-order valence-electron chi connectivity index (χ1n) is 8.91. The number of likely N-dealkylation sites (N-methyl/N-ethyl adjacent to an activating group) is 2. The Hall–Kier alpha value is -2.87. The van der Waals surface area contributed by atoms with Crippen LogP contribution in [-0.4, -0.2) is 58.7 Å². The average molecular weight is 407 g/mol. The molecule has 1 heterocycles. The zero-order valence-electron chi connectivity index (χ0n) is 16.1. The first-order chi connectivity index (χ1) is 13.4. The van der Waals surface area contributed by atoms with Crippen LogP contribution in [0.4, 0.5) is 0 Å². The van der Waals surface area contributed by atoms with Crippen LogP contribution in [0, 0.1) is 6.92 Å². The number of carbonyl (C=O) groups is 3. The van der Waals surface area contributed by atoms with Crippen molar-refractivity contribution in [2.24, 2.45) is 0 Å². The van der Waals surface area contributed by atoms with Gasteiger partial charge >= 0.3 is 5.97 Å². The van der Waals surface area contributed by atoms with Crippen molar-refractivity contribution in [1.82, 2.24) is 20.0 Å². The fourth-order valence-electron chi connectivity index (χ4n) is 2.56. The number of amides is 2. The van der Waals surface area contributed by atoms with Crippen molar-refractivity contribution in [1.29, 1.82) is 0 Å². The predicted molar refractivity (Wildman–Crippen MR) is 105 cm³/mol. The van der Waals surface area contributed by atoms with E-state index < -0.39 is 18.5 Å². The van der Waals surface area contributed by atoms with E-state index in [2.05, 4.69) is 10.4 Å². The number of aromatic nitrogens is 2. The van der Waals surface area contributed by atoms with E-state index >= 15 is 0 Å². The molecule has 9 heteroatoms. The normalized spacial score (nSPS) is 10.4. The van der Waals surface area contributed by atoms with Gasteiger partial charge < -0.3 is 15.0 Å². The fourth-order valence-corrected chi connectivity index (χ4v) is 2.91. The van der Waals surface area contributed by atoms with Gasteiger partial charge in [-0.25, -0.2) is 9.48 Å². The molecule has 150 valence electrons. The van der Waals surface area contributed by atoms with Crippen LogP contribution in [0.3, 0.4) is 0 Å². The Labute approximate surface area is 168 Å². The summed E-state index contributed by atoms with van der Waals surface area (Å²) in [5.74, 6) is -1.48. The number of esters is 1. The Morgan fingerprint density at radius 1 is 1.21 bits per heavy atom. The maximum Gasteiger partial charge on any atom is 0.343 e. The lowest BCUT2D eigenvalue weighted by atomic mass is 10.2. The van der Waals surface area contributed by atoms with Gasteiger partial charge in [0.2, 0.25) is 5.91 Å². The van der Waals surface area contributed by atoms with Gasteiger partial charge in [0.25, 0.3) is 5.91 Å². The lowest BCUT2D eigenvalue weighted by Crippen LogP contribution is -2.42. The topological polar surface area (TPSA) is 93.5 Å². The average Bonchev–Trinajstić information content (AvgIpc) is 2.99. The molecular formula is C19H23ClN4O4. The van der Waals surface area contributed by atoms with Crippen molar-refractivity contribution in [2.75, 3.05) is 26.2 Å². The van der Waals surface area contributed by atoms with Crippen LogP contribution in [0.15, 0.2) is 30.3 Å². The highest BCUT2D eigenvalue weighted by Gasteiger charge is 2.24. The molecule has 1 N–H and O–H groups in total. The van der Waals surface area contributed by atoms with E-state index in [0.29, 0.717) is 24.5 Å². The van der Waals surface area contributed by atoms with Crippen LogP contribution in [0.25, 0.3) is 5.69 Å². The van der Waals surface area contributed by atoms with Gasteiger partial charge in [0.1, 0.15) is 10.7 Å². The van der Waals surface area contributed by atoms with Gasteiger partial charge in [-0.1, -0.05) is 29.8 Å². The molecule has 0 aliphatic carbocycles. The first kappa shape index (κ1) is 21.4. The molecule has 0 spiro atoms. The highest BCUT2D eigenvalue weighted by Crippen LogP contribution is 2.24. The predicted octanol–water partition coefficient (Wildman–Crippen LogP) is 1.98. The molecule has 1 aromatic carbocycles.